The van der Waals surface area contributed by atoms with Crippen LogP contribution < -0.4 is 0 Å². The maximum Gasteiger partial charge on any atom is 0.126 e. The third-order valence-corrected chi connectivity index (χ3v) is 2.17. The molecule has 1 atom stereocenters. The summed E-state index contributed by atoms with van der Waals surface area (Å²) in [6.07, 6.45) is -0.801. The summed E-state index contributed by atoms with van der Waals surface area (Å²) < 4.78 is 31.5. The van der Waals surface area contributed by atoms with Gasteiger partial charge in [0.15, 0.2) is 0 Å². The van der Waals surface area contributed by atoms with Crippen LogP contribution in [-0.4, -0.2) is 23.4 Å². The Hall–Kier alpha value is -1.00. The fourth-order valence-corrected chi connectivity index (χ4v) is 1.36. The molecule has 0 aliphatic rings. The number of hydrogen-bond donors (Lipinski definition) is 1. The van der Waals surface area contributed by atoms with Crippen LogP contribution in [0.25, 0.3) is 0 Å². The van der Waals surface area contributed by atoms with E-state index in [0.29, 0.717) is 0 Å². The van der Waals surface area contributed by atoms with Gasteiger partial charge in [-0.2, -0.15) is 0 Å². The summed E-state index contributed by atoms with van der Waals surface area (Å²) >= 11 is 0. The van der Waals surface area contributed by atoms with Gasteiger partial charge in [0.2, 0.25) is 0 Å². The Bertz CT molecular complexity index is 372. The Morgan fingerprint density at radius 3 is 2.53 bits per heavy atom. The molecule has 0 aliphatic heterocycles. The molecule has 1 rings (SSSR count). The molecule has 2 nitrogen and oxygen atoms in total. The number of aliphatic hydroxyl groups excluding tert-OH is 1. The molecule has 0 aromatic heterocycles. The molecule has 4 heteroatoms. The molecule has 0 amide bonds. The quantitative estimate of drug-likeness (QED) is 0.882. The second-order valence-corrected chi connectivity index (χ2v) is 5.02. The lowest BCUT2D eigenvalue weighted by Gasteiger charge is -2.22. The second-order valence-electron chi connectivity index (χ2n) is 5.02. The van der Waals surface area contributed by atoms with Gasteiger partial charge in [-0.3, -0.25) is 0 Å². The van der Waals surface area contributed by atoms with Crippen LogP contribution in [0.3, 0.4) is 0 Å². The predicted molar refractivity (Wildman–Crippen MR) is 61.8 cm³/mol. The van der Waals surface area contributed by atoms with Crippen molar-refractivity contribution in [2.75, 3.05) is 6.61 Å². The van der Waals surface area contributed by atoms with Crippen LogP contribution in [0.15, 0.2) is 18.2 Å². The van der Waals surface area contributed by atoms with E-state index in [9.17, 15) is 13.9 Å². The molecule has 96 valence electrons. The van der Waals surface area contributed by atoms with Crippen molar-refractivity contribution < 1.29 is 18.6 Å². The first-order valence-corrected chi connectivity index (χ1v) is 5.54. The molecule has 0 aliphatic carbocycles. The number of hydrogen-bond acceptors (Lipinski definition) is 2. The number of aliphatic hydroxyl groups is 1. The van der Waals surface area contributed by atoms with Gasteiger partial charge in [-0.05, 0) is 44.5 Å². The summed E-state index contributed by atoms with van der Waals surface area (Å²) in [5, 5.41) is 9.67. The van der Waals surface area contributed by atoms with Crippen molar-refractivity contribution in [1.29, 1.82) is 0 Å². The molecule has 0 saturated heterocycles. The summed E-state index contributed by atoms with van der Waals surface area (Å²) in [5.41, 5.74) is -0.198. The van der Waals surface area contributed by atoms with Crippen LogP contribution in [0.5, 0.6) is 0 Å². The summed E-state index contributed by atoms with van der Waals surface area (Å²) in [6.45, 7) is 5.69. The topological polar surface area (TPSA) is 29.5 Å². The molecule has 1 aromatic rings. The highest BCUT2D eigenvalue weighted by atomic mass is 19.1. The summed E-state index contributed by atoms with van der Waals surface area (Å²) in [4.78, 5) is 0. The maximum absolute atomic E-state index is 13.3. The zero-order chi connectivity index (χ0) is 13.1. The van der Waals surface area contributed by atoms with Crippen LogP contribution in [0.1, 0.15) is 26.3 Å². The van der Waals surface area contributed by atoms with Crippen LogP contribution in [0, 0.1) is 11.6 Å². The monoisotopic (exact) mass is 244 g/mol. The molecule has 1 aromatic carbocycles. The van der Waals surface area contributed by atoms with Gasteiger partial charge in [0.25, 0.3) is 0 Å². The number of ether oxygens (including phenoxy) is 1. The smallest absolute Gasteiger partial charge is 0.126 e. The highest BCUT2D eigenvalue weighted by molar-refractivity contribution is 5.19. The average Bonchev–Trinajstić information content (AvgIpc) is 2.20. The number of benzene rings is 1. The fourth-order valence-electron chi connectivity index (χ4n) is 1.36. The van der Waals surface area contributed by atoms with Crippen molar-refractivity contribution in [3.05, 3.63) is 35.4 Å². The number of halogens is 2. The van der Waals surface area contributed by atoms with E-state index in [0.717, 1.165) is 18.2 Å². The molecule has 0 saturated carbocycles. The Balaban J connectivity index is 2.56. The zero-order valence-electron chi connectivity index (χ0n) is 10.3. The Morgan fingerprint density at radius 2 is 1.94 bits per heavy atom. The van der Waals surface area contributed by atoms with Crippen molar-refractivity contribution in [3.63, 3.8) is 0 Å². The van der Waals surface area contributed by atoms with E-state index in [-0.39, 0.29) is 24.2 Å². The van der Waals surface area contributed by atoms with Crippen molar-refractivity contribution in [3.8, 4) is 0 Å². The lowest BCUT2D eigenvalue weighted by Crippen LogP contribution is -2.27. The molecule has 1 N–H and O–H groups in total. The minimum Gasteiger partial charge on any atom is -0.390 e. The molecular formula is C13H18F2O2. The van der Waals surface area contributed by atoms with Gasteiger partial charge in [0.1, 0.15) is 11.6 Å². The van der Waals surface area contributed by atoms with Gasteiger partial charge in [0, 0.05) is 6.42 Å². The largest absolute Gasteiger partial charge is 0.390 e. The predicted octanol–water partition coefficient (Wildman–Crippen LogP) is 2.68. The van der Waals surface area contributed by atoms with Crippen molar-refractivity contribution in [1.82, 2.24) is 0 Å². The maximum atomic E-state index is 13.3. The van der Waals surface area contributed by atoms with E-state index in [1.807, 2.05) is 20.8 Å². The van der Waals surface area contributed by atoms with E-state index in [2.05, 4.69) is 0 Å². The Morgan fingerprint density at radius 1 is 1.29 bits per heavy atom. The molecule has 0 spiro atoms. The van der Waals surface area contributed by atoms with E-state index in [1.54, 1.807) is 0 Å². The van der Waals surface area contributed by atoms with Gasteiger partial charge in [-0.25, -0.2) is 8.78 Å². The summed E-state index contributed by atoms with van der Waals surface area (Å²) in [7, 11) is 0. The lowest BCUT2D eigenvalue weighted by atomic mass is 10.1. The van der Waals surface area contributed by atoms with Crippen molar-refractivity contribution in [2.45, 2.75) is 38.9 Å². The number of rotatable bonds is 4. The SMILES string of the molecule is CC(C)(C)OCC(O)Cc1cc(F)ccc1F. The van der Waals surface area contributed by atoms with Gasteiger partial charge in [-0.1, -0.05) is 0 Å². The van der Waals surface area contributed by atoms with E-state index < -0.39 is 17.7 Å². The Labute approximate surface area is 100 Å². The molecule has 17 heavy (non-hydrogen) atoms. The third-order valence-electron chi connectivity index (χ3n) is 2.17. The normalized spacial score (nSPS) is 13.8. The zero-order valence-corrected chi connectivity index (χ0v) is 10.3. The van der Waals surface area contributed by atoms with E-state index in [1.165, 1.54) is 0 Å². The molecule has 0 fully saturated rings. The lowest BCUT2D eigenvalue weighted by molar-refractivity contribution is -0.0484. The molecule has 0 heterocycles. The second kappa shape index (κ2) is 5.56. The van der Waals surface area contributed by atoms with Gasteiger partial charge >= 0.3 is 0 Å². The van der Waals surface area contributed by atoms with Gasteiger partial charge in [-0.15, -0.1) is 0 Å². The van der Waals surface area contributed by atoms with Crippen molar-refractivity contribution >= 4 is 0 Å². The van der Waals surface area contributed by atoms with Gasteiger partial charge in [0.05, 0.1) is 18.3 Å². The first kappa shape index (κ1) is 14.1. The Kier molecular flexibility index (Phi) is 4.60. The standard InChI is InChI=1S/C13H18F2O2/c1-13(2,3)17-8-11(16)7-9-6-10(14)4-5-12(9)15/h4-6,11,16H,7-8H2,1-3H3. The highest BCUT2D eigenvalue weighted by Crippen LogP contribution is 2.13. The van der Waals surface area contributed by atoms with E-state index in [4.69, 9.17) is 4.74 Å². The molecule has 1 unspecified atom stereocenters. The highest BCUT2D eigenvalue weighted by Gasteiger charge is 2.15. The molecule has 0 radical (unpaired) electrons. The van der Waals surface area contributed by atoms with Crippen LogP contribution in [0.2, 0.25) is 0 Å². The van der Waals surface area contributed by atoms with E-state index >= 15 is 0 Å². The first-order chi connectivity index (χ1) is 7.78. The van der Waals surface area contributed by atoms with Crippen LogP contribution >= 0.6 is 0 Å². The molecular weight excluding hydrogens is 226 g/mol. The van der Waals surface area contributed by atoms with Crippen LogP contribution in [0.4, 0.5) is 8.78 Å². The minimum atomic E-state index is -0.842. The van der Waals surface area contributed by atoms with Gasteiger partial charge < -0.3 is 9.84 Å². The van der Waals surface area contributed by atoms with Crippen LogP contribution in [-0.2, 0) is 11.2 Å². The average molecular weight is 244 g/mol. The fraction of sp³-hybridized carbons (Fsp3) is 0.538. The van der Waals surface area contributed by atoms with Crippen molar-refractivity contribution in [2.24, 2.45) is 0 Å². The summed E-state index contributed by atoms with van der Waals surface area (Å²) in [5.74, 6) is -1.02. The minimum absolute atomic E-state index is 0.0413. The molecule has 0 bridgehead atoms. The summed E-state index contributed by atoms with van der Waals surface area (Å²) in [6, 6.07) is 3.20. The third kappa shape index (κ3) is 5.24. The first-order valence-electron chi connectivity index (χ1n) is 5.54.